The van der Waals surface area contributed by atoms with Gasteiger partial charge in [0.05, 0.1) is 6.10 Å². The standard InChI is InChI=1S/C14H28N2O/c1-4-14-9-12(7-8-17-14)15-10-11(2)16(3)13-5-6-13/h11-15H,4-10H2,1-3H3. The van der Waals surface area contributed by atoms with Crippen molar-refractivity contribution in [1.82, 2.24) is 10.2 Å². The van der Waals surface area contributed by atoms with Gasteiger partial charge in [-0.2, -0.15) is 0 Å². The first-order valence-corrected chi connectivity index (χ1v) is 7.27. The Kier molecular flexibility index (Phi) is 4.83. The fourth-order valence-electron chi connectivity index (χ4n) is 2.67. The molecule has 0 radical (unpaired) electrons. The fraction of sp³-hybridized carbons (Fsp3) is 1.00. The summed E-state index contributed by atoms with van der Waals surface area (Å²) >= 11 is 0. The predicted octanol–water partition coefficient (Wildman–Crippen LogP) is 2.02. The van der Waals surface area contributed by atoms with Crippen molar-refractivity contribution in [2.75, 3.05) is 20.2 Å². The van der Waals surface area contributed by atoms with Gasteiger partial charge in [0.15, 0.2) is 0 Å². The monoisotopic (exact) mass is 240 g/mol. The van der Waals surface area contributed by atoms with E-state index in [2.05, 4.69) is 31.1 Å². The van der Waals surface area contributed by atoms with Crippen molar-refractivity contribution in [3.8, 4) is 0 Å². The molecule has 17 heavy (non-hydrogen) atoms. The smallest absolute Gasteiger partial charge is 0.0587 e. The number of nitrogens with one attached hydrogen (secondary N) is 1. The van der Waals surface area contributed by atoms with Crippen LogP contribution in [0.2, 0.25) is 0 Å². The molecule has 1 aliphatic carbocycles. The summed E-state index contributed by atoms with van der Waals surface area (Å²) < 4.78 is 5.71. The second kappa shape index (κ2) is 6.17. The van der Waals surface area contributed by atoms with Crippen LogP contribution in [0.5, 0.6) is 0 Å². The fourth-order valence-corrected chi connectivity index (χ4v) is 2.67. The third kappa shape index (κ3) is 3.94. The second-order valence-electron chi connectivity index (χ2n) is 5.78. The van der Waals surface area contributed by atoms with Gasteiger partial charge in [-0.3, -0.25) is 4.90 Å². The average Bonchev–Trinajstić information content (AvgIpc) is 3.19. The number of rotatable bonds is 6. The van der Waals surface area contributed by atoms with Gasteiger partial charge < -0.3 is 10.1 Å². The number of nitrogens with zero attached hydrogens (tertiary/aromatic N) is 1. The Bertz CT molecular complexity index is 230. The number of likely N-dealkylation sites (N-methyl/N-ethyl adjacent to an activating group) is 1. The van der Waals surface area contributed by atoms with E-state index in [1.807, 2.05) is 0 Å². The van der Waals surface area contributed by atoms with Crippen LogP contribution in [0.25, 0.3) is 0 Å². The number of ether oxygens (including phenoxy) is 1. The zero-order chi connectivity index (χ0) is 12.3. The molecule has 2 fully saturated rings. The van der Waals surface area contributed by atoms with E-state index < -0.39 is 0 Å². The van der Waals surface area contributed by atoms with Crippen LogP contribution in [0.15, 0.2) is 0 Å². The molecule has 1 aliphatic heterocycles. The van der Waals surface area contributed by atoms with Crippen LogP contribution < -0.4 is 5.32 Å². The average molecular weight is 240 g/mol. The summed E-state index contributed by atoms with van der Waals surface area (Å²) in [4.78, 5) is 2.53. The minimum atomic E-state index is 0.484. The maximum atomic E-state index is 5.71. The molecule has 3 unspecified atom stereocenters. The summed E-state index contributed by atoms with van der Waals surface area (Å²) in [5.41, 5.74) is 0. The van der Waals surface area contributed by atoms with Gasteiger partial charge in [0.2, 0.25) is 0 Å². The Morgan fingerprint density at radius 2 is 2.12 bits per heavy atom. The SMILES string of the molecule is CCC1CC(NCC(C)N(C)C2CC2)CCO1. The van der Waals surface area contributed by atoms with Crippen molar-refractivity contribution in [2.24, 2.45) is 0 Å². The van der Waals surface area contributed by atoms with Crippen molar-refractivity contribution in [2.45, 2.75) is 70.2 Å². The Labute approximate surface area is 106 Å². The first-order valence-electron chi connectivity index (χ1n) is 7.27. The highest BCUT2D eigenvalue weighted by Crippen LogP contribution is 2.26. The molecule has 3 atom stereocenters. The van der Waals surface area contributed by atoms with Crippen LogP contribution in [0.4, 0.5) is 0 Å². The molecule has 100 valence electrons. The van der Waals surface area contributed by atoms with Crippen molar-refractivity contribution in [3.63, 3.8) is 0 Å². The molecule has 0 spiro atoms. The Balaban J connectivity index is 1.66. The molecule has 0 aromatic heterocycles. The third-order valence-corrected chi connectivity index (χ3v) is 4.34. The van der Waals surface area contributed by atoms with E-state index in [-0.39, 0.29) is 0 Å². The zero-order valence-electron chi connectivity index (χ0n) is 11.6. The largest absolute Gasteiger partial charge is 0.378 e. The topological polar surface area (TPSA) is 24.5 Å². The normalized spacial score (nSPS) is 31.8. The lowest BCUT2D eigenvalue weighted by atomic mass is 10.0. The highest BCUT2D eigenvalue weighted by Gasteiger charge is 2.29. The van der Waals surface area contributed by atoms with Gasteiger partial charge in [-0.15, -0.1) is 0 Å². The van der Waals surface area contributed by atoms with Crippen LogP contribution >= 0.6 is 0 Å². The molecule has 2 aliphatic rings. The molecular weight excluding hydrogens is 212 g/mol. The lowest BCUT2D eigenvalue weighted by Gasteiger charge is -2.32. The quantitative estimate of drug-likeness (QED) is 0.769. The molecule has 0 aromatic rings. The Morgan fingerprint density at radius 1 is 1.35 bits per heavy atom. The summed E-state index contributed by atoms with van der Waals surface area (Å²) in [6.07, 6.45) is 6.80. The van der Waals surface area contributed by atoms with Crippen LogP contribution in [0.1, 0.15) is 46.0 Å². The van der Waals surface area contributed by atoms with E-state index in [0.717, 1.165) is 25.6 Å². The lowest BCUT2D eigenvalue weighted by Crippen LogP contribution is -2.45. The molecule has 1 saturated heterocycles. The maximum Gasteiger partial charge on any atom is 0.0587 e. The zero-order valence-corrected chi connectivity index (χ0v) is 11.6. The molecule has 3 nitrogen and oxygen atoms in total. The molecule has 0 bridgehead atoms. The van der Waals surface area contributed by atoms with Gasteiger partial charge in [-0.05, 0) is 46.1 Å². The highest BCUT2D eigenvalue weighted by atomic mass is 16.5. The van der Waals surface area contributed by atoms with Gasteiger partial charge in [0, 0.05) is 31.3 Å². The van der Waals surface area contributed by atoms with Crippen LogP contribution in [-0.4, -0.2) is 49.3 Å². The molecule has 1 heterocycles. The predicted molar refractivity (Wildman–Crippen MR) is 71.3 cm³/mol. The lowest BCUT2D eigenvalue weighted by molar-refractivity contribution is -0.000925. The van der Waals surface area contributed by atoms with E-state index in [0.29, 0.717) is 18.2 Å². The van der Waals surface area contributed by atoms with Gasteiger partial charge in [-0.1, -0.05) is 6.92 Å². The van der Waals surface area contributed by atoms with Crippen LogP contribution in [0, 0.1) is 0 Å². The van der Waals surface area contributed by atoms with Crippen LogP contribution in [0.3, 0.4) is 0 Å². The summed E-state index contributed by atoms with van der Waals surface area (Å²) in [6, 6.07) is 2.19. The van der Waals surface area contributed by atoms with Crippen molar-refractivity contribution in [3.05, 3.63) is 0 Å². The molecule has 0 amide bonds. The van der Waals surface area contributed by atoms with Gasteiger partial charge >= 0.3 is 0 Å². The van der Waals surface area contributed by atoms with E-state index >= 15 is 0 Å². The summed E-state index contributed by atoms with van der Waals surface area (Å²) in [7, 11) is 2.27. The molecule has 0 aromatic carbocycles. The molecule has 1 N–H and O–H groups in total. The molecule has 1 saturated carbocycles. The minimum Gasteiger partial charge on any atom is -0.378 e. The third-order valence-electron chi connectivity index (χ3n) is 4.34. The van der Waals surface area contributed by atoms with E-state index in [1.54, 1.807) is 0 Å². The molecule has 2 rings (SSSR count). The minimum absolute atomic E-state index is 0.484. The van der Waals surface area contributed by atoms with E-state index in [9.17, 15) is 0 Å². The van der Waals surface area contributed by atoms with Crippen molar-refractivity contribution >= 4 is 0 Å². The first-order chi connectivity index (χ1) is 8.20. The number of hydrogen-bond acceptors (Lipinski definition) is 3. The van der Waals surface area contributed by atoms with Crippen LogP contribution in [-0.2, 0) is 4.74 Å². The highest BCUT2D eigenvalue weighted by molar-refractivity contribution is 4.86. The molecule has 3 heteroatoms. The Morgan fingerprint density at radius 3 is 2.76 bits per heavy atom. The summed E-state index contributed by atoms with van der Waals surface area (Å²) in [5, 5.41) is 3.73. The number of hydrogen-bond donors (Lipinski definition) is 1. The van der Waals surface area contributed by atoms with Crippen molar-refractivity contribution in [1.29, 1.82) is 0 Å². The van der Waals surface area contributed by atoms with Gasteiger partial charge in [0.25, 0.3) is 0 Å². The Hall–Kier alpha value is -0.120. The molecular formula is C14H28N2O. The van der Waals surface area contributed by atoms with Crippen molar-refractivity contribution < 1.29 is 4.74 Å². The maximum absolute atomic E-state index is 5.71. The van der Waals surface area contributed by atoms with Gasteiger partial charge in [-0.25, -0.2) is 0 Å². The van der Waals surface area contributed by atoms with Gasteiger partial charge in [0.1, 0.15) is 0 Å². The summed E-state index contributed by atoms with van der Waals surface area (Å²) in [6.45, 7) is 6.61. The second-order valence-corrected chi connectivity index (χ2v) is 5.78. The first kappa shape index (κ1) is 13.3. The van der Waals surface area contributed by atoms with E-state index in [4.69, 9.17) is 4.74 Å². The van der Waals surface area contributed by atoms with E-state index in [1.165, 1.54) is 25.7 Å². The summed E-state index contributed by atoms with van der Waals surface area (Å²) in [5.74, 6) is 0.